The van der Waals surface area contributed by atoms with E-state index in [2.05, 4.69) is 294 Å². The molecule has 0 amide bonds. The minimum atomic E-state index is -0.0475. The Morgan fingerprint density at radius 2 is 0.293 bits per heavy atom. The van der Waals surface area contributed by atoms with E-state index in [1.165, 1.54) is 117 Å². The number of rotatable bonds is 20. The predicted molar refractivity (Wildman–Crippen MR) is 509 cm³/mol. The van der Waals surface area contributed by atoms with Crippen LogP contribution in [0.1, 0.15) is 465 Å². The minimum Gasteiger partial charge on any atom is -0.0645 e. The average Bonchev–Trinajstić information content (AvgIpc) is 1.48. The summed E-state index contributed by atoms with van der Waals surface area (Å²) in [5.41, 5.74) is 39.4. The van der Waals surface area contributed by atoms with E-state index in [0.717, 1.165) is 103 Å². The zero-order chi connectivity index (χ0) is 83.9. The molecule has 0 saturated heterocycles. The van der Waals surface area contributed by atoms with Crippen LogP contribution in [0.2, 0.25) is 0 Å². The number of fused-ring (bicyclic) bond motifs is 10. The van der Waals surface area contributed by atoms with Crippen LogP contribution in [-0.2, 0) is 86.6 Å². The van der Waals surface area contributed by atoms with Crippen LogP contribution < -0.4 is 0 Å². The summed E-state index contributed by atoms with van der Waals surface area (Å²) in [6, 6.07) is 34.7. The first-order chi connectivity index (χ1) is 54.4. The van der Waals surface area contributed by atoms with Crippen LogP contribution in [0.5, 0.6) is 0 Å². The monoisotopic (exact) mass is 1550 g/mol. The molecule has 8 aliphatic carbocycles. The maximum absolute atomic E-state index is 2.90. The van der Waals surface area contributed by atoms with E-state index in [1.54, 1.807) is 111 Å². The molecule has 0 aliphatic heterocycles. The molecule has 116 heavy (non-hydrogen) atoms. The fourth-order valence-electron chi connectivity index (χ4n) is 32.6. The topological polar surface area (TPSA) is 0 Å². The van der Waals surface area contributed by atoms with Crippen molar-refractivity contribution in [3.8, 4) is 44.5 Å². The normalized spacial score (nSPS) is 23.2. The van der Waals surface area contributed by atoms with Crippen molar-refractivity contribution in [3.05, 3.63) is 162 Å². The molecule has 9 aromatic rings. The van der Waals surface area contributed by atoms with Gasteiger partial charge in [0, 0.05) is 0 Å². The summed E-state index contributed by atoms with van der Waals surface area (Å²) in [6.45, 7) is 83.5. The maximum Gasteiger partial charge on any atom is -0.00255 e. The molecule has 0 radical (unpaired) electrons. The molecular weight excluding hydrogens is 1390 g/mol. The van der Waals surface area contributed by atoms with Crippen molar-refractivity contribution in [2.45, 2.75) is 462 Å². The molecule has 0 heterocycles. The summed E-state index contributed by atoms with van der Waals surface area (Å²) in [5, 5.41) is 11.6. The maximum atomic E-state index is 2.90. The molecule has 8 aliphatic rings. The molecule has 9 aromatic carbocycles. The van der Waals surface area contributed by atoms with Gasteiger partial charge in [0.1, 0.15) is 0 Å². The summed E-state index contributed by atoms with van der Waals surface area (Å²) in [4.78, 5) is 0. The van der Waals surface area contributed by atoms with Gasteiger partial charge in [-0.15, -0.1) is 0 Å². The van der Waals surface area contributed by atoms with E-state index in [4.69, 9.17) is 0 Å². The SMILES string of the molecule is CCC1(CC)CC(C)(C)c2c1cc1c(c2-c2cc3cc(-c4c5c(cc6c4C(C)(C)CC6(CC)CC)C(CC)(CC)CC5(C)C)cc4c5cc(-c6c7c(cc8c6C(C)(C)CC8(CC)CC)C(CC)(CC)CC7(C)C)cc6cc(-c7c8c(cc9c7C(C)(C)CC9(CC)CC)C(CC)(CC)CC8(C)C)cc(c(c2)c34)c65)C(C)(C)CC1(CC)CC. The highest BCUT2D eigenvalue weighted by Crippen LogP contribution is 2.71. The van der Waals surface area contributed by atoms with Gasteiger partial charge in [-0.2, -0.15) is 0 Å². The molecule has 0 fully saturated rings. The molecule has 0 spiro atoms. The van der Waals surface area contributed by atoms with Gasteiger partial charge in [0.15, 0.2) is 0 Å². The van der Waals surface area contributed by atoms with Crippen molar-refractivity contribution in [1.82, 2.24) is 0 Å². The Kier molecular flexibility index (Phi) is 18.5. The third-order valence-corrected chi connectivity index (χ3v) is 38.2. The highest BCUT2D eigenvalue weighted by atomic mass is 14.6. The Morgan fingerprint density at radius 1 is 0.172 bits per heavy atom. The second-order valence-electron chi connectivity index (χ2n) is 47.1. The van der Waals surface area contributed by atoms with Gasteiger partial charge in [-0.1, -0.05) is 246 Å². The van der Waals surface area contributed by atoms with Crippen molar-refractivity contribution < 1.29 is 0 Å². The molecule has 0 unspecified atom stereocenters. The van der Waals surface area contributed by atoms with Gasteiger partial charge in [0.25, 0.3) is 0 Å². The van der Waals surface area contributed by atoms with E-state index in [0.29, 0.717) is 0 Å². The van der Waals surface area contributed by atoms with Crippen LogP contribution >= 0.6 is 0 Å². The van der Waals surface area contributed by atoms with Gasteiger partial charge >= 0.3 is 0 Å². The molecule has 17 rings (SSSR count). The number of benzene rings is 9. The van der Waals surface area contributed by atoms with Crippen molar-refractivity contribution >= 4 is 43.1 Å². The molecule has 0 aromatic heterocycles. The smallest absolute Gasteiger partial charge is 0.00255 e. The first-order valence-electron chi connectivity index (χ1n) is 48.6. The van der Waals surface area contributed by atoms with E-state index in [1.807, 2.05) is 0 Å². The summed E-state index contributed by atoms with van der Waals surface area (Å²) in [7, 11) is 0. The summed E-state index contributed by atoms with van der Waals surface area (Å²) in [6.07, 6.45) is 28.1. The van der Waals surface area contributed by atoms with Gasteiger partial charge in [0.2, 0.25) is 0 Å². The second-order valence-corrected chi connectivity index (χ2v) is 47.1. The first-order valence-corrected chi connectivity index (χ1v) is 48.6. The van der Waals surface area contributed by atoms with Crippen LogP contribution in [0, 0.1) is 0 Å². The Labute approximate surface area is 707 Å². The van der Waals surface area contributed by atoms with Crippen LogP contribution in [0.3, 0.4) is 0 Å². The van der Waals surface area contributed by atoms with E-state index < -0.39 is 0 Å². The van der Waals surface area contributed by atoms with Crippen molar-refractivity contribution in [2.75, 3.05) is 0 Å². The molecular formula is C116H156. The van der Waals surface area contributed by atoms with Gasteiger partial charge in [0.05, 0.1) is 0 Å². The van der Waals surface area contributed by atoms with Crippen LogP contribution in [-0.4, -0.2) is 0 Å². The highest BCUT2D eigenvalue weighted by Gasteiger charge is 2.60. The number of hydrogen-bond acceptors (Lipinski definition) is 0. The fraction of sp³-hybridized carbons (Fsp3) is 0.621. The molecule has 0 heteroatoms. The van der Waals surface area contributed by atoms with Crippen molar-refractivity contribution in [3.63, 3.8) is 0 Å². The van der Waals surface area contributed by atoms with Crippen LogP contribution in [0.4, 0.5) is 0 Å². The van der Waals surface area contributed by atoms with Crippen LogP contribution in [0.15, 0.2) is 72.8 Å². The molecule has 620 valence electrons. The molecule has 0 bridgehead atoms. The van der Waals surface area contributed by atoms with Gasteiger partial charge < -0.3 is 0 Å². The Hall–Kier alpha value is -5.72. The lowest BCUT2D eigenvalue weighted by Gasteiger charge is -2.33. The third-order valence-electron chi connectivity index (χ3n) is 38.2. The van der Waals surface area contributed by atoms with E-state index in [9.17, 15) is 0 Å². The first kappa shape index (κ1) is 82.6. The van der Waals surface area contributed by atoms with E-state index >= 15 is 0 Å². The van der Waals surface area contributed by atoms with E-state index in [-0.39, 0.29) is 86.6 Å². The predicted octanol–water partition coefficient (Wildman–Crippen LogP) is 34.3. The lowest BCUT2D eigenvalue weighted by atomic mass is 9.71. The Bertz CT molecular complexity index is 4660. The third kappa shape index (κ3) is 10.4. The zero-order valence-corrected chi connectivity index (χ0v) is 79.9. The fourth-order valence-corrected chi connectivity index (χ4v) is 32.6. The van der Waals surface area contributed by atoms with Gasteiger partial charge in [-0.3, -0.25) is 0 Å². The summed E-state index contributed by atoms with van der Waals surface area (Å²) in [5.74, 6) is 0. The van der Waals surface area contributed by atoms with Crippen LogP contribution in [0.25, 0.3) is 87.6 Å². The lowest BCUT2D eigenvalue weighted by Crippen LogP contribution is -2.26. The second kappa shape index (κ2) is 25.9. The molecule has 0 atom stereocenters. The Morgan fingerprint density at radius 3 is 0.405 bits per heavy atom. The largest absolute Gasteiger partial charge is 0.0645 e. The van der Waals surface area contributed by atoms with Gasteiger partial charge in [-0.25, -0.2) is 0 Å². The number of hydrogen-bond donors (Lipinski definition) is 0. The molecule has 0 saturated carbocycles. The molecule has 0 nitrogen and oxygen atoms in total. The van der Waals surface area contributed by atoms with Crippen molar-refractivity contribution in [2.24, 2.45) is 0 Å². The Balaban J connectivity index is 1.16. The lowest BCUT2D eigenvalue weighted by molar-refractivity contribution is 0.322. The zero-order valence-electron chi connectivity index (χ0n) is 79.9. The van der Waals surface area contributed by atoms with Crippen molar-refractivity contribution in [1.29, 1.82) is 0 Å². The van der Waals surface area contributed by atoms with Gasteiger partial charge in [-0.05, 0) is 466 Å². The minimum absolute atomic E-state index is 0.0475. The molecule has 0 N–H and O–H groups in total. The summed E-state index contributed by atoms with van der Waals surface area (Å²) < 4.78 is 0. The quantitative estimate of drug-likeness (QED) is 0.0527. The standard InChI is InChI=1S/C116H156/c1-33-109(34-2)61-101(17,18)93-79(109)57-80-94(102(19,20)62-110(80,35-3)36-4)89(93)71-49-69-50-72(90-95-81(111(37-5,38-6)63-103(95,21)22)58-82-96(90)104(23,24)64-112(82,39-7)40-8)55-77-78-56-74(92-99-85(115(45-13,46-14)67-107(99,29)30)60-86-100(92)108(31,32)68-116(86,47-15)48-16)52-70-51-73(54-76(88(70)78)75(53-71)87(69)77)91-97-83(113(41-9,42-10)65-105(97,25)26)59-84-98(91)106(27,28)66-114(84,43-11)44-12/h49-60H,33-48,61-68H2,1-32H3. The highest BCUT2D eigenvalue weighted by molar-refractivity contribution is 6.35. The summed E-state index contributed by atoms with van der Waals surface area (Å²) >= 11 is 0. The average molecular weight is 1550 g/mol.